The number of imide groups is 1. The molecule has 0 unspecified atom stereocenters. The van der Waals surface area contributed by atoms with E-state index >= 15 is 0 Å². The molecule has 1 heterocycles. The fraction of sp³-hybridized carbons (Fsp3) is 0.520. The lowest BCUT2D eigenvalue weighted by Crippen LogP contribution is -2.48. The van der Waals surface area contributed by atoms with Crippen molar-refractivity contribution in [3.8, 4) is 5.75 Å². The maximum atomic E-state index is 13.3. The van der Waals surface area contributed by atoms with Gasteiger partial charge in [0, 0.05) is 26.1 Å². The van der Waals surface area contributed by atoms with Crippen LogP contribution in [0.4, 0.5) is 0 Å². The van der Waals surface area contributed by atoms with Gasteiger partial charge < -0.3 is 15.0 Å². The molecule has 3 rings (SSSR count). The van der Waals surface area contributed by atoms with E-state index in [0.29, 0.717) is 25.1 Å². The van der Waals surface area contributed by atoms with Crippen molar-refractivity contribution in [1.82, 2.24) is 15.1 Å². The molecule has 0 bridgehead atoms. The largest absolute Gasteiger partial charge is 0.497 e. The zero-order valence-electron chi connectivity index (χ0n) is 19.6. The smallest absolute Gasteiger partial charge is 0.242 e. The lowest BCUT2D eigenvalue weighted by Gasteiger charge is -2.29. The summed E-state index contributed by atoms with van der Waals surface area (Å²) >= 11 is 0. The van der Waals surface area contributed by atoms with Crippen LogP contribution in [0.15, 0.2) is 36.4 Å². The van der Waals surface area contributed by atoms with Crippen LogP contribution in [0.1, 0.15) is 45.1 Å². The fourth-order valence-corrected chi connectivity index (χ4v) is 4.39. The van der Waals surface area contributed by atoms with Gasteiger partial charge in [0.25, 0.3) is 0 Å². The van der Waals surface area contributed by atoms with Crippen molar-refractivity contribution in [2.45, 2.75) is 52.1 Å². The Morgan fingerprint density at radius 2 is 1.85 bits per heavy atom. The first-order chi connectivity index (χ1) is 15.9. The summed E-state index contributed by atoms with van der Waals surface area (Å²) in [4.78, 5) is 54.1. The van der Waals surface area contributed by atoms with E-state index in [1.54, 1.807) is 14.0 Å². The van der Waals surface area contributed by atoms with Crippen LogP contribution >= 0.6 is 0 Å². The third-order valence-corrected chi connectivity index (χ3v) is 6.35. The second-order valence-corrected chi connectivity index (χ2v) is 8.57. The van der Waals surface area contributed by atoms with Gasteiger partial charge in [-0.25, -0.2) is 0 Å². The van der Waals surface area contributed by atoms with Crippen LogP contribution in [0.2, 0.25) is 0 Å². The Balaban J connectivity index is 1.72. The van der Waals surface area contributed by atoms with Crippen LogP contribution in [0, 0.1) is 11.8 Å². The number of carbonyl (C=O) groups excluding carboxylic acids is 4. The molecule has 1 aromatic carbocycles. The number of carbonyl (C=O) groups is 4. The number of hydrogen-bond acceptors (Lipinski definition) is 5. The number of benzene rings is 1. The number of rotatable bonds is 10. The van der Waals surface area contributed by atoms with E-state index < -0.39 is 6.04 Å². The second-order valence-electron chi connectivity index (χ2n) is 8.57. The Morgan fingerprint density at radius 1 is 1.18 bits per heavy atom. The first-order valence-electron chi connectivity index (χ1n) is 11.6. The number of ether oxygens (including phenoxy) is 1. The number of methoxy groups -OCH3 is 1. The molecule has 1 aromatic rings. The van der Waals surface area contributed by atoms with E-state index in [-0.39, 0.29) is 55.0 Å². The van der Waals surface area contributed by atoms with Gasteiger partial charge in [0.2, 0.25) is 23.6 Å². The number of fused-ring (bicyclic) bond motifs is 1. The molecule has 0 spiro atoms. The van der Waals surface area contributed by atoms with E-state index in [0.717, 1.165) is 12.0 Å². The van der Waals surface area contributed by atoms with Crippen LogP contribution < -0.4 is 10.1 Å². The highest BCUT2D eigenvalue weighted by Crippen LogP contribution is 2.35. The van der Waals surface area contributed by atoms with Gasteiger partial charge in [-0.1, -0.05) is 31.2 Å². The predicted molar refractivity (Wildman–Crippen MR) is 123 cm³/mol. The van der Waals surface area contributed by atoms with E-state index in [4.69, 9.17) is 4.74 Å². The molecule has 0 aromatic heterocycles. The maximum absolute atomic E-state index is 13.3. The summed E-state index contributed by atoms with van der Waals surface area (Å²) in [6.07, 6.45) is 5.77. The number of amides is 4. The summed E-state index contributed by atoms with van der Waals surface area (Å²) in [7, 11) is 1.57. The number of nitrogens with one attached hydrogen (secondary N) is 1. The van der Waals surface area contributed by atoms with Crippen LogP contribution in [0.25, 0.3) is 0 Å². The lowest BCUT2D eigenvalue weighted by molar-refractivity contribution is -0.143. The molecule has 1 aliphatic heterocycles. The Kier molecular flexibility index (Phi) is 8.25. The van der Waals surface area contributed by atoms with Crippen LogP contribution in [0.3, 0.4) is 0 Å². The van der Waals surface area contributed by atoms with Gasteiger partial charge in [-0.2, -0.15) is 0 Å². The molecule has 0 radical (unpaired) electrons. The standard InChI is InChI=1S/C25H33N3O5/c1-4-13-26-23(30)17(2)28(16-18-8-7-9-19(15-18)33-3)22(29)12-14-27-24(31)20-10-5-6-11-21(20)25(27)32/h5-9,15,17,20-21H,4,10-14,16H2,1-3H3,(H,26,30)/t17-,20-,21+/m0/s1. The molecule has 1 N–H and O–H groups in total. The summed E-state index contributed by atoms with van der Waals surface area (Å²) in [5.74, 6) is -0.893. The molecular weight excluding hydrogens is 422 g/mol. The summed E-state index contributed by atoms with van der Waals surface area (Å²) < 4.78 is 5.27. The molecular formula is C25H33N3O5. The van der Waals surface area contributed by atoms with Crippen LogP contribution in [-0.2, 0) is 25.7 Å². The molecule has 8 heteroatoms. The molecule has 1 fully saturated rings. The quantitative estimate of drug-likeness (QED) is 0.431. The molecule has 8 nitrogen and oxygen atoms in total. The van der Waals surface area contributed by atoms with Crippen molar-refractivity contribution >= 4 is 23.6 Å². The monoisotopic (exact) mass is 455 g/mol. The highest BCUT2D eigenvalue weighted by Gasteiger charge is 2.47. The van der Waals surface area contributed by atoms with Crippen molar-refractivity contribution < 1.29 is 23.9 Å². The maximum Gasteiger partial charge on any atom is 0.242 e. The minimum Gasteiger partial charge on any atom is -0.497 e. The lowest BCUT2D eigenvalue weighted by atomic mass is 9.85. The molecule has 178 valence electrons. The normalized spacial score (nSPS) is 20.4. The summed E-state index contributed by atoms with van der Waals surface area (Å²) in [5.41, 5.74) is 0.822. The molecule has 4 amide bonds. The van der Waals surface area contributed by atoms with Crippen molar-refractivity contribution in [1.29, 1.82) is 0 Å². The number of likely N-dealkylation sites (tertiary alicyclic amines) is 1. The molecule has 1 aliphatic carbocycles. The average Bonchev–Trinajstić information content (AvgIpc) is 3.08. The predicted octanol–water partition coefficient (Wildman–Crippen LogP) is 2.28. The Morgan fingerprint density at radius 3 is 2.45 bits per heavy atom. The first kappa shape index (κ1) is 24.5. The van der Waals surface area contributed by atoms with Crippen molar-refractivity contribution in [3.63, 3.8) is 0 Å². The van der Waals surface area contributed by atoms with Crippen molar-refractivity contribution in [2.24, 2.45) is 11.8 Å². The van der Waals surface area contributed by atoms with Crippen molar-refractivity contribution in [3.05, 3.63) is 42.0 Å². The third kappa shape index (κ3) is 5.61. The number of allylic oxidation sites excluding steroid dienone is 2. The zero-order valence-corrected chi connectivity index (χ0v) is 19.6. The highest BCUT2D eigenvalue weighted by atomic mass is 16.5. The summed E-state index contributed by atoms with van der Waals surface area (Å²) in [5, 5.41) is 2.84. The van der Waals surface area contributed by atoms with Gasteiger partial charge in [0.1, 0.15) is 11.8 Å². The molecule has 3 atom stereocenters. The third-order valence-electron chi connectivity index (χ3n) is 6.35. The fourth-order valence-electron chi connectivity index (χ4n) is 4.39. The van der Waals surface area contributed by atoms with E-state index in [1.807, 2.05) is 43.3 Å². The van der Waals surface area contributed by atoms with E-state index in [9.17, 15) is 19.2 Å². The average molecular weight is 456 g/mol. The van der Waals surface area contributed by atoms with Gasteiger partial charge in [0.15, 0.2) is 0 Å². The Bertz CT molecular complexity index is 902. The minimum absolute atomic E-state index is 0.0281. The summed E-state index contributed by atoms with van der Waals surface area (Å²) in [6, 6.07) is 6.63. The SMILES string of the molecule is CCCNC(=O)[C@H](C)N(Cc1cccc(OC)c1)C(=O)CCN1C(=O)[C@H]2CC=CC[C@H]2C1=O. The molecule has 0 saturated carbocycles. The first-order valence-corrected chi connectivity index (χ1v) is 11.6. The van der Waals surface area contributed by atoms with Crippen molar-refractivity contribution in [2.75, 3.05) is 20.2 Å². The highest BCUT2D eigenvalue weighted by molar-refractivity contribution is 6.05. The molecule has 33 heavy (non-hydrogen) atoms. The van der Waals surface area contributed by atoms with Gasteiger partial charge in [-0.15, -0.1) is 0 Å². The number of nitrogens with zero attached hydrogens (tertiary/aromatic N) is 2. The second kappa shape index (κ2) is 11.1. The number of hydrogen-bond donors (Lipinski definition) is 1. The van der Waals surface area contributed by atoms with E-state index in [2.05, 4.69) is 5.32 Å². The molecule has 1 saturated heterocycles. The summed E-state index contributed by atoms with van der Waals surface area (Å²) in [6.45, 7) is 4.42. The minimum atomic E-state index is -0.702. The van der Waals surface area contributed by atoms with Gasteiger partial charge in [0.05, 0.1) is 18.9 Å². The topological polar surface area (TPSA) is 96.0 Å². The zero-order chi connectivity index (χ0) is 24.0. The van der Waals surface area contributed by atoms with Gasteiger partial charge in [-0.3, -0.25) is 24.1 Å². The van der Waals surface area contributed by atoms with E-state index in [1.165, 1.54) is 9.80 Å². The van der Waals surface area contributed by atoms with Crippen LogP contribution in [-0.4, -0.2) is 59.7 Å². The van der Waals surface area contributed by atoms with Crippen LogP contribution in [0.5, 0.6) is 5.75 Å². The molecule has 2 aliphatic rings. The Hall–Kier alpha value is -3.16. The van der Waals surface area contributed by atoms with Gasteiger partial charge >= 0.3 is 0 Å². The Labute approximate surface area is 194 Å². The van der Waals surface area contributed by atoms with Gasteiger partial charge in [-0.05, 0) is 43.9 Å².